The summed E-state index contributed by atoms with van der Waals surface area (Å²) in [5.41, 5.74) is 7.19. The maximum atomic E-state index is 14.6. The topological polar surface area (TPSA) is 31.2 Å². The molecule has 3 aromatic carbocycles. The Morgan fingerprint density at radius 3 is 2.50 bits per heavy atom. The van der Waals surface area contributed by atoms with Crippen molar-refractivity contribution in [2.45, 2.75) is 77.3 Å². The van der Waals surface area contributed by atoms with Gasteiger partial charge in [-0.15, -0.1) is 0 Å². The molecule has 4 heteroatoms. The Morgan fingerprint density at radius 1 is 1.00 bits per heavy atom. The Balaban J connectivity index is 1.65. The number of ether oxygens (including phenoxy) is 1. The molecule has 3 nitrogen and oxygen atoms in total. The number of methoxy groups -OCH3 is 1. The molecule has 0 amide bonds. The van der Waals surface area contributed by atoms with Gasteiger partial charge in [-0.25, -0.2) is 0 Å². The van der Waals surface area contributed by atoms with Crippen LogP contribution in [-0.2, 0) is 21.7 Å². The van der Waals surface area contributed by atoms with Crippen LogP contribution in [0.2, 0.25) is 5.32 Å². The summed E-state index contributed by atoms with van der Waals surface area (Å²) in [5, 5.41) is 3.54. The Kier molecular flexibility index (Phi) is 7.32. The van der Waals surface area contributed by atoms with Crippen LogP contribution < -0.4 is 4.46 Å². The molecular formula is C36H41NO2Se. The number of aromatic nitrogens is 1. The van der Waals surface area contributed by atoms with Gasteiger partial charge in [-0.3, -0.25) is 0 Å². The second kappa shape index (κ2) is 10.6. The summed E-state index contributed by atoms with van der Waals surface area (Å²) in [6, 6.07) is 24.4. The van der Waals surface area contributed by atoms with Crippen LogP contribution >= 0.6 is 0 Å². The second-order valence-electron chi connectivity index (χ2n) is 12.4. The number of rotatable bonds is 6. The molecule has 208 valence electrons. The molecule has 0 aliphatic heterocycles. The predicted molar refractivity (Wildman–Crippen MR) is 168 cm³/mol. The molecule has 0 N–H and O–H groups in total. The summed E-state index contributed by atoms with van der Waals surface area (Å²) < 4.78 is 9.41. The molecule has 0 spiro atoms. The summed E-state index contributed by atoms with van der Waals surface area (Å²) >= 11 is 0.336. The zero-order valence-corrected chi connectivity index (χ0v) is 26.3. The third-order valence-corrected chi connectivity index (χ3v) is 12.4. The fourth-order valence-electron chi connectivity index (χ4n) is 7.94. The van der Waals surface area contributed by atoms with Crippen LogP contribution in [0.4, 0.5) is 0 Å². The van der Waals surface area contributed by atoms with Gasteiger partial charge >= 0.3 is 246 Å². The van der Waals surface area contributed by atoms with Gasteiger partial charge in [-0.2, -0.15) is 0 Å². The normalized spacial score (nSPS) is 24.7. The number of carbonyl (C=O) groups excluding carboxylic acids is 1. The number of benzene rings is 3. The fourth-order valence-corrected chi connectivity index (χ4v) is 10.0. The quantitative estimate of drug-likeness (QED) is 0.210. The molecule has 1 heterocycles. The van der Waals surface area contributed by atoms with Crippen LogP contribution in [0.1, 0.15) is 70.9 Å². The van der Waals surface area contributed by atoms with E-state index in [1.54, 1.807) is 7.11 Å². The Bertz CT molecular complexity index is 1610. The zero-order chi connectivity index (χ0) is 28.1. The second-order valence-corrected chi connectivity index (χ2v) is 14.8. The zero-order valence-electron chi connectivity index (χ0n) is 24.5. The van der Waals surface area contributed by atoms with Gasteiger partial charge in [0.25, 0.3) is 0 Å². The van der Waals surface area contributed by atoms with E-state index in [9.17, 15) is 4.79 Å². The predicted octanol–water partition coefficient (Wildman–Crippen LogP) is 8.07. The van der Waals surface area contributed by atoms with E-state index in [1.165, 1.54) is 48.5 Å². The monoisotopic (exact) mass is 599 g/mol. The molecule has 4 aromatic rings. The molecule has 1 aromatic heterocycles. The first kappa shape index (κ1) is 27.5. The number of allylic oxidation sites excluding steroid dienone is 2. The third kappa shape index (κ3) is 4.14. The van der Waals surface area contributed by atoms with Crippen molar-refractivity contribution in [3.05, 3.63) is 83.4 Å². The first-order valence-electron chi connectivity index (χ1n) is 14.7. The SMILES string of the molecule is COCn1c2ccccc2c2cc3c(cc21)C(=C(C)C)CC[C@@]1(C)[C@H](C)CCC(=O)[C@@]31CC[Se]c1ccccc1. The van der Waals surface area contributed by atoms with Crippen LogP contribution in [0.5, 0.6) is 0 Å². The number of carbonyl (C=O) groups is 1. The number of nitrogens with zero attached hydrogens (tertiary/aromatic N) is 1. The van der Waals surface area contributed by atoms with Gasteiger partial charge < -0.3 is 0 Å². The molecule has 3 atom stereocenters. The van der Waals surface area contributed by atoms with Crippen LogP contribution in [-0.4, -0.2) is 32.4 Å². The summed E-state index contributed by atoms with van der Waals surface area (Å²) in [6.45, 7) is 9.88. The maximum absolute atomic E-state index is 14.6. The van der Waals surface area contributed by atoms with Crippen LogP contribution in [0, 0.1) is 11.3 Å². The number of para-hydroxylation sites is 1. The van der Waals surface area contributed by atoms with Gasteiger partial charge in [0.2, 0.25) is 0 Å². The van der Waals surface area contributed by atoms with Crippen molar-refractivity contribution in [2.75, 3.05) is 7.11 Å². The summed E-state index contributed by atoms with van der Waals surface area (Å²) in [7, 11) is 1.77. The van der Waals surface area contributed by atoms with Crippen molar-refractivity contribution in [2.24, 2.45) is 11.3 Å². The molecule has 1 fully saturated rings. The molecular weight excluding hydrogens is 557 g/mol. The van der Waals surface area contributed by atoms with E-state index >= 15 is 0 Å². The van der Waals surface area contributed by atoms with Crippen molar-refractivity contribution >= 4 is 52.6 Å². The van der Waals surface area contributed by atoms with Crippen molar-refractivity contribution < 1.29 is 9.53 Å². The molecule has 2 aliphatic carbocycles. The van der Waals surface area contributed by atoms with Gasteiger partial charge in [0.1, 0.15) is 0 Å². The van der Waals surface area contributed by atoms with Crippen LogP contribution in [0.25, 0.3) is 27.4 Å². The first-order valence-corrected chi connectivity index (χ1v) is 16.8. The average molecular weight is 599 g/mol. The van der Waals surface area contributed by atoms with Crippen LogP contribution in [0.3, 0.4) is 0 Å². The summed E-state index contributed by atoms with van der Waals surface area (Å²) in [6.07, 6.45) is 4.67. The van der Waals surface area contributed by atoms with Gasteiger partial charge in [-0.1, -0.05) is 0 Å². The van der Waals surface area contributed by atoms with Crippen molar-refractivity contribution in [3.8, 4) is 0 Å². The molecule has 0 unspecified atom stereocenters. The third-order valence-electron chi connectivity index (χ3n) is 10.3. The molecule has 0 bridgehead atoms. The first-order chi connectivity index (χ1) is 19.3. The van der Waals surface area contributed by atoms with Gasteiger partial charge in [0.15, 0.2) is 0 Å². The Hall–Kier alpha value is -2.65. The molecule has 6 rings (SSSR count). The Labute approximate surface area is 245 Å². The molecule has 0 saturated heterocycles. The van der Waals surface area contributed by atoms with Gasteiger partial charge in [0.05, 0.1) is 0 Å². The minimum absolute atomic E-state index is 0.0837. The number of ketones is 1. The van der Waals surface area contributed by atoms with E-state index in [0.29, 0.717) is 39.8 Å². The average Bonchev–Trinajstić information content (AvgIpc) is 3.19. The van der Waals surface area contributed by atoms with Crippen molar-refractivity contribution in [1.82, 2.24) is 4.57 Å². The minimum atomic E-state index is -0.480. The van der Waals surface area contributed by atoms with Gasteiger partial charge in [-0.05, 0) is 0 Å². The fraction of sp³-hybridized carbons (Fsp3) is 0.417. The van der Waals surface area contributed by atoms with Crippen molar-refractivity contribution in [3.63, 3.8) is 0 Å². The van der Waals surface area contributed by atoms with Crippen LogP contribution in [0.15, 0.2) is 72.3 Å². The van der Waals surface area contributed by atoms with Crippen molar-refractivity contribution in [1.29, 1.82) is 0 Å². The number of Topliss-reactive ketones (excluding diaryl/α,β-unsaturated/α-hetero) is 1. The van der Waals surface area contributed by atoms with Gasteiger partial charge in [0, 0.05) is 0 Å². The van der Waals surface area contributed by atoms with E-state index < -0.39 is 5.41 Å². The van der Waals surface area contributed by atoms with E-state index in [4.69, 9.17) is 4.74 Å². The summed E-state index contributed by atoms with van der Waals surface area (Å²) in [5.74, 6) is 0.956. The number of hydrogen-bond donors (Lipinski definition) is 0. The van der Waals surface area contributed by atoms with E-state index in [1.807, 2.05) is 0 Å². The molecule has 0 radical (unpaired) electrons. The molecule has 40 heavy (non-hydrogen) atoms. The Morgan fingerprint density at radius 2 is 1.75 bits per heavy atom. The number of fused-ring (bicyclic) bond motifs is 6. The van der Waals surface area contributed by atoms with E-state index in [2.05, 4.69) is 99.0 Å². The van der Waals surface area contributed by atoms with E-state index in [0.717, 1.165) is 31.0 Å². The number of hydrogen-bond acceptors (Lipinski definition) is 2. The molecule has 1 saturated carbocycles. The van der Waals surface area contributed by atoms with E-state index in [-0.39, 0.29) is 5.41 Å². The molecule has 2 aliphatic rings. The summed E-state index contributed by atoms with van der Waals surface area (Å²) in [4.78, 5) is 14.6. The standard InChI is InChI=1S/C36H41NO2Se/c1-24(2)27-17-18-35(4)25(3)15-16-34(38)36(35,19-20-40-26-11-7-6-8-12-26)31-21-30-28-13-9-10-14-32(28)37(23-39-5)33(30)22-29(27)31/h6-14,21-22,25H,15-20,23H2,1-5H3/t25-,35+,36-/m1/s1.